The zero-order valence-electron chi connectivity index (χ0n) is 14.2. The number of imidazole rings is 1. The Morgan fingerprint density at radius 3 is 2.79 bits per heavy atom. The van der Waals surface area contributed by atoms with Gasteiger partial charge in [0.05, 0.1) is 25.0 Å². The van der Waals surface area contributed by atoms with E-state index in [-0.39, 0.29) is 11.9 Å². The number of carbonyl (C=O) groups excluding carboxylic acids is 2. The lowest BCUT2D eigenvalue weighted by atomic mass is 10.3. The van der Waals surface area contributed by atoms with Crippen molar-refractivity contribution in [2.24, 2.45) is 7.05 Å². The van der Waals surface area contributed by atoms with Gasteiger partial charge in [-0.1, -0.05) is 0 Å². The molecule has 0 aliphatic carbocycles. The van der Waals surface area contributed by atoms with Gasteiger partial charge >= 0.3 is 6.03 Å². The fourth-order valence-electron chi connectivity index (χ4n) is 2.87. The summed E-state index contributed by atoms with van der Waals surface area (Å²) in [5.74, 6) is 0.734. The molecule has 0 aromatic carbocycles. The minimum atomic E-state index is -0.113. The van der Waals surface area contributed by atoms with Crippen LogP contribution >= 0.6 is 0 Å². The number of nitrogens with one attached hydrogen (secondary N) is 1. The molecule has 0 unspecified atom stereocenters. The Bertz CT molecular complexity index is 760. The second-order valence-corrected chi connectivity index (χ2v) is 6.10. The molecule has 0 saturated heterocycles. The molecule has 3 rings (SSSR count). The Morgan fingerprint density at radius 2 is 2.12 bits per heavy atom. The first kappa shape index (κ1) is 16.1. The third-order valence-corrected chi connectivity index (χ3v) is 4.21. The molecule has 0 atom stereocenters. The van der Waals surface area contributed by atoms with Gasteiger partial charge < -0.3 is 24.3 Å². The van der Waals surface area contributed by atoms with Crippen LogP contribution in [0.15, 0.2) is 24.5 Å². The zero-order chi connectivity index (χ0) is 17.3. The molecule has 2 aromatic rings. The maximum absolute atomic E-state index is 12.2. The number of rotatable bonds is 3. The van der Waals surface area contributed by atoms with E-state index in [9.17, 15) is 9.59 Å². The van der Waals surface area contributed by atoms with Crippen molar-refractivity contribution in [1.82, 2.24) is 29.2 Å². The molecule has 2 aromatic heterocycles. The number of amides is 3. The van der Waals surface area contributed by atoms with E-state index in [0.717, 1.165) is 11.5 Å². The molecule has 8 heteroatoms. The van der Waals surface area contributed by atoms with E-state index in [0.29, 0.717) is 31.9 Å². The molecule has 0 saturated carbocycles. The Kier molecular flexibility index (Phi) is 4.28. The largest absolute Gasteiger partial charge is 0.347 e. The summed E-state index contributed by atoms with van der Waals surface area (Å²) in [7, 11) is 5.33. The molecular formula is C16H22N6O2. The van der Waals surface area contributed by atoms with Gasteiger partial charge in [-0.2, -0.15) is 0 Å². The Hall–Kier alpha value is -2.77. The fraction of sp³-hybridized carbons (Fsp3) is 0.438. The van der Waals surface area contributed by atoms with Crippen LogP contribution < -0.4 is 5.32 Å². The minimum absolute atomic E-state index is 0.0113. The lowest BCUT2D eigenvalue weighted by Gasteiger charge is -2.30. The molecule has 3 amide bonds. The van der Waals surface area contributed by atoms with E-state index in [2.05, 4.69) is 14.9 Å². The van der Waals surface area contributed by atoms with Gasteiger partial charge in [0.1, 0.15) is 11.5 Å². The zero-order valence-corrected chi connectivity index (χ0v) is 14.2. The van der Waals surface area contributed by atoms with Crippen LogP contribution in [0.25, 0.3) is 0 Å². The normalized spacial score (nSPS) is 13.5. The van der Waals surface area contributed by atoms with E-state index < -0.39 is 0 Å². The topological polar surface area (TPSA) is 75.4 Å². The summed E-state index contributed by atoms with van der Waals surface area (Å²) in [4.78, 5) is 32.0. The van der Waals surface area contributed by atoms with Crippen LogP contribution in [0.4, 0.5) is 4.79 Å². The van der Waals surface area contributed by atoms with Crippen LogP contribution in [-0.2, 0) is 26.7 Å². The van der Waals surface area contributed by atoms with Crippen molar-refractivity contribution in [3.63, 3.8) is 0 Å². The van der Waals surface area contributed by atoms with Crippen molar-refractivity contribution in [2.75, 3.05) is 20.6 Å². The van der Waals surface area contributed by atoms with Crippen LogP contribution in [0.2, 0.25) is 0 Å². The van der Waals surface area contributed by atoms with E-state index in [4.69, 9.17) is 0 Å². The van der Waals surface area contributed by atoms with Crippen molar-refractivity contribution in [2.45, 2.75) is 19.6 Å². The van der Waals surface area contributed by atoms with Gasteiger partial charge in [-0.15, -0.1) is 0 Å². The SMILES string of the molecule is CN(C)C(=O)N1CCn2c(CNC(=O)c3cccn3C)cnc2C1. The molecule has 0 spiro atoms. The van der Waals surface area contributed by atoms with Gasteiger partial charge in [-0.3, -0.25) is 4.79 Å². The standard InChI is InChI=1S/C16H22N6O2/c1-19(2)16(24)21-7-8-22-12(9-17-14(22)11-21)10-18-15(23)13-5-4-6-20(13)3/h4-6,9H,7-8,10-11H2,1-3H3,(H,18,23). The Balaban J connectivity index is 1.65. The molecule has 1 aliphatic heterocycles. The fourth-order valence-corrected chi connectivity index (χ4v) is 2.87. The summed E-state index contributed by atoms with van der Waals surface area (Å²) in [5.41, 5.74) is 1.57. The van der Waals surface area contributed by atoms with Crippen LogP contribution in [0.3, 0.4) is 0 Å². The molecule has 0 fully saturated rings. The van der Waals surface area contributed by atoms with E-state index >= 15 is 0 Å². The van der Waals surface area contributed by atoms with Gasteiger partial charge in [0.15, 0.2) is 0 Å². The summed E-state index contributed by atoms with van der Waals surface area (Å²) in [5, 5.41) is 2.92. The van der Waals surface area contributed by atoms with Gasteiger partial charge in [0.25, 0.3) is 5.91 Å². The van der Waals surface area contributed by atoms with Gasteiger partial charge in [-0.05, 0) is 12.1 Å². The highest BCUT2D eigenvalue weighted by molar-refractivity contribution is 5.92. The molecular weight excluding hydrogens is 308 g/mol. The smallest absolute Gasteiger partial charge is 0.319 e. The number of fused-ring (bicyclic) bond motifs is 1. The summed E-state index contributed by atoms with van der Waals surface area (Å²) in [6, 6.07) is 3.61. The summed E-state index contributed by atoms with van der Waals surface area (Å²) in [6.45, 7) is 2.23. The second kappa shape index (κ2) is 6.38. The molecule has 24 heavy (non-hydrogen) atoms. The van der Waals surface area contributed by atoms with Gasteiger partial charge in [0.2, 0.25) is 0 Å². The van der Waals surface area contributed by atoms with E-state index in [1.807, 2.05) is 19.3 Å². The number of nitrogens with zero attached hydrogens (tertiary/aromatic N) is 5. The number of urea groups is 1. The predicted octanol–water partition coefficient (Wildman–Crippen LogP) is 0.649. The number of aryl methyl sites for hydroxylation is 1. The van der Waals surface area contributed by atoms with Gasteiger partial charge in [-0.25, -0.2) is 9.78 Å². The van der Waals surface area contributed by atoms with E-state index in [1.165, 1.54) is 0 Å². The molecule has 1 aliphatic rings. The quantitative estimate of drug-likeness (QED) is 0.898. The maximum atomic E-state index is 12.2. The van der Waals surface area contributed by atoms with Crippen molar-refractivity contribution >= 4 is 11.9 Å². The number of hydrogen-bond donors (Lipinski definition) is 1. The predicted molar refractivity (Wildman–Crippen MR) is 88.3 cm³/mol. The molecule has 0 radical (unpaired) electrons. The van der Waals surface area contributed by atoms with Crippen LogP contribution in [0.1, 0.15) is 22.0 Å². The first-order chi connectivity index (χ1) is 11.5. The van der Waals surface area contributed by atoms with E-state index in [1.54, 1.807) is 40.7 Å². The average Bonchev–Trinajstić information content (AvgIpc) is 3.17. The molecule has 128 valence electrons. The first-order valence-electron chi connectivity index (χ1n) is 7.86. The second-order valence-electron chi connectivity index (χ2n) is 6.10. The highest BCUT2D eigenvalue weighted by atomic mass is 16.2. The van der Waals surface area contributed by atoms with Crippen LogP contribution in [0, 0.1) is 0 Å². The van der Waals surface area contributed by atoms with Crippen molar-refractivity contribution < 1.29 is 9.59 Å². The third kappa shape index (κ3) is 2.99. The maximum Gasteiger partial charge on any atom is 0.319 e. The van der Waals surface area contributed by atoms with Crippen LogP contribution in [-0.4, -0.2) is 56.5 Å². The molecule has 8 nitrogen and oxygen atoms in total. The highest BCUT2D eigenvalue weighted by Crippen LogP contribution is 2.15. The minimum Gasteiger partial charge on any atom is -0.347 e. The van der Waals surface area contributed by atoms with Crippen molar-refractivity contribution in [1.29, 1.82) is 0 Å². The molecule has 0 bridgehead atoms. The number of carbonyl (C=O) groups is 2. The Morgan fingerprint density at radius 1 is 1.33 bits per heavy atom. The lowest BCUT2D eigenvalue weighted by molar-refractivity contribution is 0.0941. The van der Waals surface area contributed by atoms with Crippen molar-refractivity contribution in [3.05, 3.63) is 41.7 Å². The first-order valence-corrected chi connectivity index (χ1v) is 7.86. The Labute approximate surface area is 140 Å². The lowest BCUT2D eigenvalue weighted by Crippen LogP contribution is -2.44. The highest BCUT2D eigenvalue weighted by Gasteiger charge is 2.24. The summed E-state index contributed by atoms with van der Waals surface area (Å²) in [6.07, 6.45) is 3.61. The third-order valence-electron chi connectivity index (χ3n) is 4.21. The number of aromatic nitrogens is 3. The van der Waals surface area contributed by atoms with Gasteiger partial charge in [0, 0.05) is 40.4 Å². The molecule has 3 heterocycles. The summed E-state index contributed by atoms with van der Waals surface area (Å²) >= 11 is 0. The van der Waals surface area contributed by atoms with Crippen molar-refractivity contribution in [3.8, 4) is 0 Å². The molecule has 1 N–H and O–H groups in total. The average molecular weight is 330 g/mol. The number of hydrogen-bond acceptors (Lipinski definition) is 3. The summed E-state index contributed by atoms with van der Waals surface area (Å²) < 4.78 is 3.86. The van der Waals surface area contributed by atoms with Crippen LogP contribution in [0.5, 0.6) is 0 Å². The monoisotopic (exact) mass is 330 g/mol.